The van der Waals surface area contributed by atoms with Gasteiger partial charge in [0.15, 0.2) is 0 Å². The van der Waals surface area contributed by atoms with Crippen molar-refractivity contribution in [1.82, 2.24) is 4.90 Å². The van der Waals surface area contributed by atoms with Crippen molar-refractivity contribution in [3.8, 4) is 0 Å². The van der Waals surface area contributed by atoms with E-state index in [4.69, 9.17) is 4.74 Å². The van der Waals surface area contributed by atoms with Gasteiger partial charge in [0.05, 0.1) is 6.10 Å². The van der Waals surface area contributed by atoms with E-state index in [1.165, 1.54) is 13.0 Å². The Morgan fingerprint density at radius 2 is 2.20 bits per heavy atom. The van der Waals surface area contributed by atoms with Crippen LogP contribution < -0.4 is 0 Å². The minimum atomic E-state index is -0.0328. The fourth-order valence-electron chi connectivity index (χ4n) is 3.10. The molecule has 2 fully saturated rings. The van der Waals surface area contributed by atoms with Gasteiger partial charge in [0.2, 0.25) is 0 Å². The third kappa shape index (κ3) is 2.35. The van der Waals surface area contributed by atoms with Gasteiger partial charge in [0, 0.05) is 38.8 Å². The van der Waals surface area contributed by atoms with Crippen molar-refractivity contribution >= 4 is 0 Å². The first kappa shape index (κ1) is 11.4. The van der Waals surface area contributed by atoms with Crippen molar-refractivity contribution in [2.24, 2.45) is 11.8 Å². The van der Waals surface area contributed by atoms with Crippen LogP contribution in [0.15, 0.2) is 0 Å². The molecule has 88 valence electrons. The van der Waals surface area contributed by atoms with Gasteiger partial charge in [-0.15, -0.1) is 0 Å². The standard InChI is InChI=1S/C12H23NO2/c1-9(5-6-15-2)13-7-10-3-4-12(14)11(10)8-13/h9-12,14H,3-8H2,1-2H3. The lowest BCUT2D eigenvalue weighted by atomic mass is 10.00. The first-order chi connectivity index (χ1) is 7.22. The molecular weight excluding hydrogens is 190 g/mol. The summed E-state index contributed by atoms with van der Waals surface area (Å²) in [5.74, 6) is 1.31. The lowest BCUT2D eigenvalue weighted by Gasteiger charge is -2.25. The highest BCUT2D eigenvalue weighted by Crippen LogP contribution is 2.38. The summed E-state index contributed by atoms with van der Waals surface area (Å²) in [4.78, 5) is 2.52. The number of rotatable bonds is 4. The minimum absolute atomic E-state index is 0.0328. The summed E-state index contributed by atoms with van der Waals surface area (Å²) in [6.45, 7) is 5.39. The highest BCUT2D eigenvalue weighted by atomic mass is 16.5. The second-order valence-electron chi connectivity index (χ2n) is 5.15. The molecule has 1 aliphatic carbocycles. The maximum atomic E-state index is 9.82. The fourth-order valence-corrected chi connectivity index (χ4v) is 3.10. The number of methoxy groups -OCH3 is 1. The van der Waals surface area contributed by atoms with Gasteiger partial charge in [-0.3, -0.25) is 4.90 Å². The van der Waals surface area contributed by atoms with Crippen LogP contribution in [0.4, 0.5) is 0 Å². The van der Waals surface area contributed by atoms with Gasteiger partial charge in [-0.05, 0) is 32.1 Å². The summed E-state index contributed by atoms with van der Waals surface area (Å²) in [5, 5.41) is 9.82. The van der Waals surface area contributed by atoms with Crippen molar-refractivity contribution in [3.63, 3.8) is 0 Å². The molecule has 3 nitrogen and oxygen atoms in total. The first-order valence-corrected chi connectivity index (χ1v) is 6.13. The Morgan fingerprint density at radius 1 is 1.40 bits per heavy atom. The van der Waals surface area contributed by atoms with E-state index in [-0.39, 0.29) is 6.10 Å². The molecule has 0 aromatic carbocycles. The van der Waals surface area contributed by atoms with Crippen LogP contribution in [0.1, 0.15) is 26.2 Å². The summed E-state index contributed by atoms with van der Waals surface area (Å²) in [6.07, 6.45) is 3.32. The second-order valence-corrected chi connectivity index (χ2v) is 5.15. The van der Waals surface area contributed by atoms with Gasteiger partial charge >= 0.3 is 0 Å². The number of hydrogen-bond donors (Lipinski definition) is 1. The van der Waals surface area contributed by atoms with Gasteiger partial charge in [-0.2, -0.15) is 0 Å². The summed E-state index contributed by atoms with van der Waals surface area (Å²) in [6, 6.07) is 0.600. The van der Waals surface area contributed by atoms with Gasteiger partial charge < -0.3 is 9.84 Å². The summed E-state index contributed by atoms with van der Waals surface area (Å²) < 4.78 is 5.11. The number of aliphatic hydroxyl groups excluding tert-OH is 1. The number of hydrogen-bond acceptors (Lipinski definition) is 3. The zero-order valence-corrected chi connectivity index (χ0v) is 9.85. The van der Waals surface area contributed by atoms with E-state index < -0.39 is 0 Å². The molecule has 4 unspecified atom stereocenters. The largest absolute Gasteiger partial charge is 0.393 e. The predicted octanol–water partition coefficient (Wildman–Crippen LogP) is 1.11. The molecule has 1 heterocycles. The quantitative estimate of drug-likeness (QED) is 0.759. The topological polar surface area (TPSA) is 32.7 Å². The van der Waals surface area contributed by atoms with Gasteiger partial charge in [-0.1, -0.05) is 0 Å². The van der Waals surface area contributed by atoms with Crippen LogP contribution in [0.3, 0.4) is 0 Å². The Balaban J connectivity index is 1.82. The van der Waals surface area contributed by atoms with Crippen molar-refractivity contribution in [3.05, 3.63) is 0 Å². The van der Waals surface area contributed by atoms with Crippen molar-refractivity contribution in [2.75, 3.05) is 26.8 Å². The van der Waals surface area contributed by atoms with Gasteiger partial charge in [0.1, 0.15) is 0 Å². The Bertz CT molecular complexity index is 210. The van der Waals surface area contributed by atoms with Crippen molar-refractivity contribution < 1.29 is 9.84 Å². The number of fused-ring (bicyclic) bond motifs is 1. The highest BCUT2D eigenvalue weighted by molar-refractivity contribution is 4.94. The van der Waals surface area contributed by atoms with Crippen LogP contribution >= 0.6 is 0 Å². The smallest absolute Gasteiger partial charge is 0.0583 e. The lowest BCUT2D eigenvalue weighted by Crippen LogP contribution is -2.33. The highest BCUT2D eigenvalue weighted by Gasteiger charge is 2.42. The molecule has 2 rings (SSSR count). The average molecular weight is 213 g/mol. The van der Waals surface area contributed by atoms with Crippen molar-refractivity contribution in [2.45, 2.75) is 38.3 Å². The molecular formula is C12H23NO2. The maximum Gasteiger partial charge on any atom is 0.0583 e. The van der Waals surface area contributed by atoms with Crippen molar-refractivity contribution in [1.29, 1.82) is 0 Å². The summed E-state index contributed by atoms with van der Waals surface area (Å²) >= 11 is 0. The average Bonchev–Trinajstić information content (AvgIpc) is 2.78. The van der Waals surface area contributed by atoms with E-state index >= 15 is 0 Å². The zero-order valence-electron chi connectivity index (χ0n) is 9.85. The molecule has 1 saturated heterocycles. The molecule has 1 saturated carbocycles. The van der Waals surface area contributed by atoms with Crippen LogP contribution in [0.25, 0.3) is 0 Å². The summed E-state index contributed by atoms with van der Waals surface area (Å²) in [5.41, 5.74) is 0. The normalized spacial score (nSPS) is 38.2. The Morgan fingerprint density at radius 3 is 2.87 bits per heavy atom. The summed E-state index contributed by atoms with van der Waals surface area (Å²) in [7, 11) is 1.76. The number of nitrogens with zero attached hydrogens (tertiary/aromatic N) is 1. The van der Waals surface area contributed by atoms with E-state index in [2.05, 4.69) is 11.8 Å². The molecule has 3 heteroatoms. The third-order valence-electron chi connectivity index (χ3n) is 4.21. The molecule has 4 atom stereocenters. The number of ether oxygens (including phenoxy) is 1. The molecule has 2 aliphatic rings. The first-order valence-electron chi connectivity index (χ1n) is 6.13. The van der Waals surface area contributed by atoms with Gasteiger partial charge in [0.25, 0.3) is 0 Å². The van der Waals surface area contributed by atoms with Crippen LogP contribution in [-0.4, -0.2) is 49.0 Å². The molecule has 1 aliphatic heterocycles. The Labute approximate surface area is 92.4 Å². The Hall–Kier alpha value is -0.120. The number of likely N-dealkylation sites (tertiary alicyclic amines) is 1. The fraction of sp³-hybridized carbons (Fsp3) is 1.00. The van der Waals surface area contributed by atoms with E-state index in [0.717, 1.165) is 31.9 Å². The van der Waals surface area contributed by atoms with E-state index in [1.54, 1.807) is 7.11 Å². The maximum absolute atomic E-state index is 9.82. The Kier molecular flexibility index (Phi) is 3.65. The molecule has 0 radical (unpaired) electrons. The predicted molar refractivity (Wildman–Crippen MR) is 59.7 cm³/mol. The van der Waals surface area contributed by atoms with Crippen LogP contribution in [-0.2, 0) is 4.74 Å². The van der Waals surface area contributed by atoms with E-state index in [9.17, 15) is 5.11 Å². The van der Waals surface area contributed by atoms with E-state index in [0.29, 0.717) is 12.0 Å². The van der Waals surface area contributed by atoms with Crippen LogP contribution in [0.2, 0.25) is 0 Å². The molecule has 0 spiro atoms. The number of aliphatic hydroxyl groups is 1. The van der Waals surface area contributed by atoms with E-state index in [1.807, 2.05) is 0 Å². The van der Waals surface area contributed by atoms with Gasteiger partial charge in [-0.25, -0.2) is 0 Å². The molecule has 15 heavy (non-hydrogen) atoms. The minimum Gasteiger partial charge on any atom is -0.393 e. The zero-order chi connectivity index (χ0) is 10.8. The molecule has 0 aromatic heterocycles. The monoisotopic (exact) mass is 213 g/mol. The van der Waals surface area contributed by atoms with Crippen LogP contribution in [0, 0.1) is 11.8 Å². The molecule has 0 amide bonds. The third-order valence-corrected chi connectivity index (χ3v) is 4.21. The molecule has 0 aromatic rings. The van der Waals surface area contributed by atoms with Crippen LogP contribution in [0.5, 0.6) is 0 Å². The lowest BCUT2D eigenvalue weighted by molar-refractivity contribution is 0.111. The second kappa shape index (κ2) is 4.81. The SMILES string of the molecule is COCCC(C)N1CC2CCC(O)C2C1. The molecule has 0 bridgehead atoms. The molecule has 1 N–H and O–H groups in total.